The Hall–Kier alpha value is -1.18. The molecule has 1 aliphatic rings. The van der Waals surface area contributed by atoms with E-state index in [2.05, 4.69) is 26.0 Å². The van der Waals surface area contributed by atoms with Gasteiger partial charge in [-0.3, -0.25) is 0 Å². The van der Waals surface area contributed by atoms with Gasteiger partial charge in [0.05, 0.1) is 13.2 Å². The van der Waals surface area contributed by atoms with Gasteiger partial charge in [0.25, 0.3) is 0 Å². The predicted octanol–water partition coefficient (Wildman–Crippen LogP) is 3.44. The molecule has 0 unspecified atom stereocenters. The summed E-state index contributed by atoms with van der Waals surface area (Å²) in [5, 5.41) is 0. The number of aryl methyl sites for hydroxylation is 1. The van der Waals surface area contributed by atoms with Crippen LogP contribution in [0.25, 0.3) is 0 Å². The molecule has 0 radical (unpaired) electrons. The van der Waals surface area contributed by atoms with Crippen LogP contribution in [0, 0.1) is 5.92 Å². The van der Waals surface area contributed by atoms with Gasteiger partial charge in [0, 0.05) is 6.42 Å². The molecule has 0 saturated heterocycles. The van der Waals surface area contributed by atoms with Crippen molar-refractivity contribution in [1.82, 2.24) is 0 Å². The fourth-order valence-electron chi connectivity index (χ4n) is 1.82. The summed E-state index contributed by atoms with van der Waals surface area (Å²) in [5.74, 6) is 2.56. The summed E-state index contributed by atoms with van der Waals surface area (Å²) in [6.07, 6.45) is 3.31. The van der Waals surface area contributed by atoms with Crippen molar-refractivity contribution in [1.29, 1.82) is 0 Å². The van der Waals surface area contributed by atoms with Gasteiger partial charge in [0.15, 0.2) is 11.5 Å². The fraction of sp³-hybridized carbons (Fsp3) is 0.571. The van der Waals surface area contributed by atoms with Gasteiger partial charge < -0.3 is 9.47 Å². The Bertz CT molecular complexity index is 345. The van der Waals surface area contributed by atoms with Crippen LogP contribution >= 0.6 is 0 Å². The summed E-state index contributed by atoms with van der Waals surface area (Å²) < 4.78 is 11.3. The van der Waals surface area contributed by atoms with Crippen molar-refractivity contribution in [2.75, 3.05) is 13.2 Å². The van der Waals surface area contributed by atoms with Crippen molar-refractivity contribution in [2.45, 2.75) is 33.1 Å². The zero-order valence-corrected chi connectivity index (χ0v) is 10.2. The molecule has 16 heavy (non-hydrogen) atoms. The second-order valence-electron chi connectivity index (χ2n) is 4.76. The zero-order chi connectivity index (χ0) is 11.4. The molecule has 0 N–H and O–H groups in total. The summed E-state index contributed by atoms with van der Waals surface area (Å²) in [6, 6.07) is 6.31. The lowest BCUT2D eigenvalue weighted by Crippen LogP contribution is -1.97. The maximum atomic E-state index is 5.67. The molecular formula is C14H20O2. The second-order valence-corrected chi connectivity index (χ2v) is 4.76. The lowest BCUT2D eigenvalue weighted by molar-refractivity contribution is 0.297. The molecule has 0 bridgehead atoms. The molecule has 2 rings (SSSR count). The molecule has 0 aromatic heterocycles. The minimum Gasteiger partial charge on any atom is -0.490 e. The fourth-order valence-corrected chi connectivity index (χ4v) is 1.82. The van der Waals surface area contributed by atoms with Gasteiger partial charge in [-0.2, -0.15) is 0 Å². The van der Waals surface area contributed by atoms with E-state index in [1.54, 1.807) is 0 Å². The van der Waals surface area contributed by atoms with Crippen LogP contribution in [0.2, 0.25) is 0 Å². The third-order valence-corrected chi connectivity index (χ3v) is 2.82. The maximum absolute atomic E-state index is 5.67. The Balaban J connectivity index is 2.08. The van der Waals surface area contributed by atoms with E-state index >= 15 is 0 Å². The molecule has 2 nitrogen and oxygen atoms in total. The average molecular weight is 220 g/mol. The first-order valence-corrected chi connectivity index (χ1v) is 6.14. The zero-order valence-electron chi connectivity index (χ0n) is 10.2. The topological polar surface area (TPSA) is 18.5 Å². The third-order valence-electron chi connectivity index (χ3n) is 2.82. The van der Waals surface area contributed by atoms with E-state index < -0.39 is 0 Å². The van der Waals surface area contributed by atoms with E-state index in [9.17, 15) is 0 Å². The lowest BCUT2D eigenvalue weighted by Gasteiger charge is -2.10. The lowest BCUT2D eigenvalue weighted by atomic mass is 10.0. The maximum Gasteiger partial charge on any atom is 0.161 e. The van der Waals surface area contributed by atoms with Crippen molar-refractivity contribution in [3.8, 4) is 11.5 Å². The van der Waals surface area contributed by atoms with Gasteiger partial charge in [-0.25, -0.2) is 0 Å². The van der Waals surface area contributed by atoms with Gasteiger partial charge in [0.1, 0.15) is 0 Å². The minimum absolute atomic E-state index is 0.746. The highest BCUT2D eigenvalue weighted by Gasteiger charge is 2.10. The van der Waals surface area contributed by atoms with E-state index in [1.807, 2.05) is 6.07 Å². The SMILES string of the molecule is CC(C)CCc1ccc2c(c1)OCCCO2. The van der Waals surface area contributed by atoms with Crippen molar-refractivity contribution in [2.24, 2.45) is 5.92 Å². The Morgan fingerprint density at radius 3 is 2.62 bits per heavy atom. The van der Waals surface area contributed by atoms with E-state index in [1.165, 1.54) is 12.0 Å². The number of fused-ring (bicyclic) bond motifs is 1. The van der Waals surface area contributed by atoms with Crippen molar-refractivity contribution < 1.29 is 9.47 Å². The molecular weight excluding hydrogens is 200 g/mol. The van der Waals surface area contributed by atoms with Gasteiger partial charge in [-0.05, 0) is 36.5 Å². The van der Waals surface area contributed by atoms with Gasteiger partial charge in [-0.15, -0.1) is 0 Å². The molecule has 0 saturated carbocycles. The summed E-state index contributed by atoms with van der Waals surface area (Å²) in [7, 11) is 0. The van der Waals surface area contributed by atoms with Crippen LogP contribution < -0.4 is 9.47 Å². The monoisotopic (exact) mass is 220 g/mol. The van der Waals surface area contributed by atoms with Crippen molar-refractivity contribution in [3.63, 3.8) is 0 Å². The van der Waals surface area contributed by atoms with Crippen LogP contribution in [-0.2, 0) is 6.42 Å². The molecule has 0 atom stereocenters. The first-order valence-electron chi connectivity index (χ1n) is 6.14. The Morgan fingerprint density at radius 1 is 1.12 bits per heavy atom. The highest BCUT2D eigenvalue weighted by molar-refractivity contribution is 5.43. The van der Waals surface area contributed by atoms with Gasteiger partial charge in [0.2, 0.25) is 0 Å². The van der Waals surface area contributed by atoms with Crippen LogP contribution in [0.3, 0.4) is 0 Å². The van der Waals surface area contributed by atoms with E-state index in [0.717, 1.165) is 43.5 Å². The molecule has 1 aromatic rings. The van der Waals surface area contributed by atoms with Gasteiger partial charge in [-0.1, -0.05) is 19.9 Å². The first kappa shape index (κ1) is 11.3. The Kier molecular flexibility index (Phi) is 3.70. The van der Waals surface area contributed by atoms with E-state index in [4.69, 9.17) is 9.47 Å². The van der Waals surface area contributed by atoms with Crippen LogP contribution in [0.1, 0.15) is 32.3 Å². The third kappa shape index (κ3) is 2.91. The number of rotatable bonds is 3. The van der Waals surface area contributed by atoms with Crippen molar-refractivity contribution in [3.05, 3.63) is 23.8 Å². The largest absolute Gasteiger partial charge is 0.490 e. The van der Waals surface area contributed by atoms with Crippen LogP contribution in [0.5, 0.6) is 11.5 Å². The summed E-state index contributed by atoms with van der Waals surface area (Å²) >= 11 is 0. The molecule has 1 aliphatic heterocycles. The molecule has 0 aliphatic carbocycles. The standard InChI is InChI=1S/C14H20O2/c1-11(2)4-5-12-6-7-13-14(10-12)16-9-3-8-15-13/h6-7,10-11H,3-5,8-9H2,1-2H3. The molecule has 1 heterocycles. The predicted molar refractivity (Wildman–Crippen MR) is 65.2 cm³/mol. The van der Waals surface area contributed by atoms with Gasteiger partial charge >= 0.3 is 0 Å². The summed E-state index contributed by atoms with van der Waals surface area (Å²) in [5.41, 5.74) is 1.35. The molecule has 1 aromatic carbocycles. The normalized spacial score (nSPS) is 14.9. The number of benzene rings is 1. The number of ether oxygens (including phenoxy) is 2. The summed E-state index contributed by atoms with van der Waals surface area (Å²) in [6.45, 7) is 6.03. The quantitative estimate of drug-likeness (QED) is 0.777. The highest BCUT2D eigenvalue weighted by Crippen LogP contribution is 2.30. The van der Waals surface area contributed by atoms with E-state index in [0.29, 0.717) is 0 Å². The molecule has 0 spiro atoms. The number of hydrogen-bond donors (Lipinski definition) is 0. The smallest absolute Gasteiger partial charge is 0.161 e. The first-order chi connectivity index (χ1) is 7.75. The summed E-state index contributed by atoms with van der Waals surface area (Å²) in [4.78, 5) is 0. The molecule has 2 heteroatoms. The minimum atomic E-state index is 0.746. The van der Waals surface area contributed by atoms with Crippen LogP contribution in [-0.4, -0.2) is 13.2 Å². The molecule has 0 fully saturated rings. The second kappa shape index (κ2) is 5.24. The number of hydrogen-bond acceptors (Lipinski definition) is 2. The highest BCUT2D eigenvalue weighted by atomic mass is 16.5. The molecule has 88 valence electrons. The van der Waals surface area contributed by atoms with E-state index in [-0.39, 0.29) is 0 Å². The van der Waals surface area contributed by atoms with Crippen LogP contribution in [0.4, 0.5) is 0 Å². The van der Waals surface area contributed by atoms with Crippen LogP contribution in [0.15, 0.2) is 18.2 Å². The molecule has 0 amide bonds. The average Bonchev–Trinajstić information content (AvgIpc) is 2.50. The van der Waals surface area contributed by atoms with Crippen molar-refractivity contribution >= 4 is 0 Å². The Labute approximate surface area is 97.6 Å². The Morgan fingerprint density at radius 2 is 1.88 bits per heavy atom.